The van der Waals surface area contributed by atoms with E-state index in [0.717, 1.165) is 12.8 Å². The van der Waals surface area contributed by atoms with Gasteiger partial charge in [0.2, 0.25) is 11.8 Å². The Morgan fingerprint density at radius 2 is 2.06 bits per heavy atom. The third kappa shape index (κ3) is 5.68. The van der Waals surface area contributed by atoms with Gasteiger partial charge in [-0.05, 0) is 24.6 Å². The zero-order chi connectivity index (χ0) is 13.4. The van der Waals surface area contributed by atoms with Gasteiger partial charge in [0, 0.05) is 17.3 Å². The van der Waals surface area contributed by atoms with Crippen molar-refractivity contribution in [3.05, 3.63) is 29.3 Å². The third-order valence-corrected chi connectivity index (χ3v) is 2.52. The van der Waals surface area contributed by atoms with E-state index in [1.54, 1.807) is 24.3 Å². The highest BCUT2D eigenvalue weighted by Gasteiger charge is 2.08. The van der Waals surface area contributed by atoms with Crippen molar-refractivity contribution in [2.75, 3.05) is 11.9 Å². The van der Waals surface area contributed by atoms with Gasteiger partial charge < -0.3 is 10.6 Å². The molecule has 0 saturated heterocycles. The summed E-state index contributed by atoms with van der Waals surface area (Å²) >= 11 is 5.79. The van der Waals surface area contributed by atoms with E-state index in [0.29, 0.717) is 17.3 Å². The van der Waals surface area contributed by atoms with Crippen LogP contribution in [0.1, 0.15) is 26.2 Å². The van der Waals surface area contributed by atoms with Crippen LogP contribution in [-0.4, -0.2) is 18.4 Å². The predicted molar refractivity (Wildman–Crippen MR) is 72.6 cm³/mol. The highest BCUT2D eigenvalue weighted by molar-refractivity contribution is 6.30. The average molecular weight is 269 g/mol. The van der Waals surface area contributed by atoms with Crippen LogP contribution in [0.4, 0.5) is 5.69 Å². The molecule has 0 aliphatic rings. The Morgan fingerprint density at radius 1 is 1.28 bits per heavy atom. The summed E-state index contributed by atoms with van der Waals surface area (Å²) in [5, 5.41) is 5.85. The Bertz CT molecular complexity index is 421. The molecule has 0 aromatic heterocycles. The first-order chi connectivity index (χ1) is 8.61. The fraction of sp³-hybridized carbons (Fsp3) is 0.385. The van der Waals surface area contributed by atoms with E-state index in [1.807, 2.05) is 6.92 Å². The quantitative estimate of drug-likeness (QED) is 0.615. The molecule has 1 rings (SSSR count). The number of amides is 2. The van der Waals surface area contributed by atoms with E-state index in [2.05, 4.69) is 10.6 Å². The first-order valence-electron chi connectivity index (χ1n) is 5.94. The topological polar surface area (TPSA) is 58.2 Å². The molecular formula is C13H17ClN2O2. The van der Waals surface area contributed by atoms with Crippen molar-refractivity contribution in [1.29, 1.82) is 0 Å². The maximum Gasteiger partial charge on any atom is 0.233 e. The zero-order valence-corrected chi connectivity index (χ0v) is 11.1. The molecule has 98 valence electrons. The highest BCUT2D eigenvalue weighted by Crippen LogP contribution is 2.14. The van der Waals surface area contributed by atoms with E-state index in [1.165, 1.54) is 0 Å². The Hall–Kier alpha value is -1.55. The molecule has 2 N–H and O–H groups in total. The number of anilines is 1. The van der Waals surface area contributed by atoms with Gasteiger partial charge in [-0.25, -0.2) is 0 Å². The molecule has 0 bridgehead atoms. The second kappa shape index (κ2) is 7.71. The summed E-state index contributed by atoms with van der Waals surface area (Å²) in [5.74, 6) is -0.603. The summed E-state index contributed by atoms with van der Waals surface area (Å²) in [4.78, 5) is 22.9. The van der Waals surface area contributed by atoms with Crippen LogP contribution < -0.4 is 10.6 Å². The van der Waals surface area contributed by atoms with Crippen molar-refractivity contribution in [1.82, 2.24) is 5.32 Å². The molecule has 2 amide bonds. The van der Waals surface area contributed by atoms with Crippen molar-refractivity contribution in [3.63, 3.8) is 0 Å². The lowest BCUT2D eigenvalue weighted by Crippen LogP contribution is -2.28. The van der Waals surface area contributed by atoms with Gasteiger partial charge in [-0.1, -0.05) is 31.0 Å². The van der Waals surface area contributed by atoms with E-state index in [4.69, 9.17) is 11.6 Å². The lowest BCUT2D eigenvalue weighted by atomic mass is 10.3. The fourth-order valence-electron chi connectivity index (χ4n) is 1.38. The van der Waals surface area contributed by atoms with Gasteiger partial charge in [-0.3, -0.25) is 9.59 Å². The van der Waals surface area contributed by atoms with Crippen LogP contribution in [0.25, 0.3) is 0 Å². The molecule has 0 saturated carbocycles. The van der Waals surface area contributed by atoms with Crippen LogP contribution in [0.3, 0.4) is 0 Å². The predicted octanol–water partition coefficient (Wildman–Crippen LogP) is 2.58. The van der Waals surface area contributed by atoms with Crippen molar-refractivity contribution < 1.29 is 9.59 Å². The minimum absolute atomic E-state index is 0.170. The molecule has 0 unspecified atom stereocenters. The molecule has 0 heterocycles. The van der Waals surface area contributed by atoms with E-state index in [9.17, 15) is 9.59 Å². The number of carbonyl (C=O) groups is 2. The summed E-state index contributed by atoms with van der Waals surface area (Å²) in [6.45, 7) is 2.65. The number of benzene rings is 1. The lowest BCUT2D eigenvalue weighted by Gasteiger charge is -2.06. The van der Waals surface area contributed by atoms with Gasteiger partial charge in [0.15, 0.2) is 0 Å². The maximum atomic E-state index is 11.6. The number of unbranched alkanes of at least 4 members (excludes halogenated alkanes) is 1. The van der Waals surface area contributed by atoms with Crippen LogP contribution in [0.5, 0.6) is 0 Å². The minimum atomic E-state index is -0.341. The molecule has 0 atom stereocenters. The Morgan fingerprint density at radius 3 is 2.72 bits per heavy atom. The standard InChI is InChI=1S/C13H17ClN2O2/c1-2-3-7-15-12(17)9-13(18)16-11-6-4-5-10(14)8-11/h4-6,8H,2-3,7,9H2,1H3,(H,15,17)(H,16,18). The van der Waals surface area contributed by atoms with Crippen molar-refractivity contribution >= 4 is 29.1 Å². The van der Waals surface area contributed by atoms with Crippen LogP contribution >= 0.6 is 11.6 Å². The Labute approximate surface area is 112 Å². The van der Waals surface area contributed by atoms with Crippen molar-refractivity contribution in [2.24, 2.45) is 0 Å². The van der Waals surface area contributed by atoms with Crippen LogP contribution in [-0.2, 0) is 9.59 Å². The third-order valence-electron chi connectivity index (χ3n) is 2.28. The van der Waals surface area contributed by atoms with Crippen molar-refractivity contribution in [3.8, 4) is 0 Å². The Kier molecular flexibility index (Phi) is 6.22. The van der Waals surface area contributed by atoms with Gasteiger partial charge in [-0.15, -0.1) is 0 Å². The zero-order valence-electron chi connectivity index (χ0n) is 10.3. The number of halogens is 1. The summed E-state index contributed by atoms with van der Waals surface area (Å²) < 4.78 is 0. The minimum Gasteiger partial charge on any atom is -0.356 e. The smallest absolute Gasteiger partial charge is 0.233 e. The fourth-order valence-corrected chi connectivity index (χ4v) is 1.57. The number of rotatable bonds is 6. The Balaban J connectivity index is 2.35. The maximum absolute atomic E-state index is 11.6. The molecule has 0 spiro atoms. The summed E-state index contributed by atoms with van der Waals surface area (Å²) in [6.07, 6.45) is 1.76. The molecule has 4 nitrogen and oxygen atoms in total. The number of carbonyl (C=O) groups excluding carboxylic acids is 2. The largest absolute Gasteiger partial charge is 0.356 e. The van der Waals surface area contributed by atoms with Gasteiger partial charge >= 0.3 is 0 Å². The molecule has 0 aliphatic heterocycles. The molecule has 0 radical (unpaired) electrons. The number of nitrogens with one attached hydrogen (secondary N) is 2. The highest BCUT2D eigenvalue weighted by atomic mass is 35.5. The van der Waals surface area contributed by atoms with Crippen LogP contribution in [0, 0.1) is 0 Å². The summed E-state index contributed by atoms with van der Waals surface area (Å²) in [7, 11) is 0. The summed E-state index contributed by atoms with van der Waals surface area (Å²) in [6, 6.07) is 6.81. The van der Waals surface area contributed by atoms with E-state index < -0.39 is 0 Å². The second-order valence-electron chi connectivity index (χ2n) is 3.94. The van der Waals surface area contributed by atoms with Gasteiger partial charge in [0.25, 0.3) is 0 Å². The first kappa shape index (κ1) is 14.5. The number of hydrogen-bond acceptors (Lipinski definition) is 2. The second-order valence-corrected chi connectivity index (χ2v) is 4.38. The first-order valence-corrected chi connectivity index (χ1v) is 6.31. The van der Waals surface area contributed by atoms with E-state index >= 15 is 0 Å². The molecule has 1 aromatic rings. The monoisotopic (exact) mass is 268 g/mol. The lowest BCUT2D eigenvalue weighted by molar-refractivity contribution is -0.126. The molecule has 0 fully saturated rings. The number of hydrogen-bond donors (Lipinski definition) is 2. The van der Waals surface area contributed by atoms with Crippen LogP contribution in [0.2, 0.25) is 5.02 Å². The average Bonchev–Trinajstić information content (AvgIpc) is 2.29. The van der Waals surface area contributed by atoms with Gasteiger partial charge in [-0.2, -0.15) is 0 Å². The summed E-state index contributed by atoms with van der Waals surface area (Å²) in [5.41, 5.74) is 0.592. The molecule has 18 heavy (non-hydrogen) atoms. The molecule has 5 heteroatoms. The van der Waals surface area contributed by atoms with E-state index in [-0.39, 0.29) is 18.2 Å². The SMILES string of the molecule is CCCCNC(=O)CC(=O)Nc1cccc(Cl)c1. The van der Waals surface area contributed by atoms with Crippen LogP contribution in [0.15, 0.2) is 24.3 Å². The molecule has 0 aliphatic carbocycles. The van der Waals surface area contributed by atoms with Gasteiger partial charge in [0.05, 0.1) is 0 Å². The normalized spacial score (nSPS) is 9.89. The van der Waals surface area contributed by atoms with Gasteiger partial charge in [0.1, 0.15) is 6.42 Å². The van der Waals surface area contributed by atoms with Crippen molar-refractivity contribution in [2.45, 2.75) is 26.2 Å². The molecule has 1 aromatic carbocycles. The molecular weight excluding hydrogens is 252 g/mol.